The number of amides is 1. The predicted octanol–water partition coefficient (Wildman–Crippen LogP) is 4.25. The molecule has 3 aromatic rings. The van der Waals surface area contributed by atoms with Crippen LogP contribution in [0.25, 0.3) is 10.6 Å². The van der Waals surface area contributed by atoms with E-state index in [0.29, 0.717) is 35.3 Å². The van der Waals surface area contributed by atoms with Crippen LogP contribution in [0.4, 0.5) is 5.69 Å². The molecular formula is C23H25N3O5S2. The van der Waals surface area contributed by atoms with E-state index in [2.05, 4.69) is 10.3 Å². The first kappa shape index (κ1) is 23.2. The molecule has 0 bridgehead atoms. The highest BCUT2D eigenvalue weighted by molar-refractivity contribution is 7.89. The van der Waals surface area contributed by atoms with E-state index in [-0.39, 0.29) is 10.6 Å². The third kappa shape index (κ3) is 4.87. The average molecular weight is 488 g/mol. The summed E-state index contributed by atoms with van der Waals surface area (Å²) in [6.07, 6.45) is 2.76. The number of piperidine rings is 1. The molecule has 1 aliphatic heterocycles. The summed E-state index contributed by atoms with van der Waals surface area (Å²) in [6, 6.07) is 11.8. The molecule has 0 radical (unpaired) electrons. The first-order chi connectivity index (χ1) is 15.9. The fraction of sp³-hybridized carbons (Fsp3) is 0.304. The highest BCUT2D eigenvalue weighted by Gasteiger charge is 2.26. The van der Waals surface area contributed by atoms with E-state index in [0.717, 1.165) is 24.8 Å². The van der Waals surface area contributed by atoms with Crippen molar-refractivity contribution in [1.29, 1.82) is 0 Å². The van der Waals surface area contributed by atoms with Crippen molar-refractivity contribution >= 4 is 33.0 Å². The lowest BCUT2D eigenvalue weighted by atomic mass is 10.2. The van der Waals surface area contributed by atoms with Gasteiger partial charge in [-0.15, -0.1) is 11.3 Å². The van der Waals surface area contributed by atoms with Crippen LogP contribution in [-0.2, 0) is 10.0 Å². The third-order valence-electron chi connectivity index (χ3n) is 5.41. The van der Waals surface area contributed by atoms with Crippen LogP contribution < -0.4 is 14.8 Å². The highest BCUT2D eigenvalue weighted by Crippen LogP contribution is 2.39. The molecule has 33 heavy (non-hydrogen) atoms. The molecule has 1 aromatic heterocycles. The van der Waals surface area contributed by atoms with Gasteiger partial charge < -0.3 is 14.8 Å². The number of thiazole rings is 1. The Morgan fingerprint density at radius 1 is 1.06 bits per heavy atom. The maximum atomic E-state index is 12.9. The quantitative estimate of drug-likeness (QED) is 0.535. The number of hydrogen-bond donors (Lipinski definition) is 1. The summed E-state index contributed by atoms with van der Waals surface area (Å²) in [7, 11) is -0.482. The van der Waals surface area contributed by atoms with Crippen LogP contribution in [0.1, 0.15) is 29.8 Å². The molecule has 8 nitrogen and oxygen atoms in total. The van der Waals surface area contributed by atoms with Crippen molar-refractivity contribution in [3.63, 3.8) is 0 Å². The fourth-order valence-electron chi connectivity index (χ4n) is 3.74. The Bertz CT molecular complexity index is 1250. The van der Waals surface area contributed by atoms with E-state index in [1.165, 1.54) is 21.7 Å². The number of nitrogens with zero attached hydrogens (tertiary/aromatic N) is 2. The van der Waals surface area contributed by atoms with Gasteiger partial charge in [-0.25, -0.2) is 13.4 Å². The summed E-state index contributed by atoms with van der Waals surface area (Å²) in [5.41, 5.74) is 1.34. The normalized spacial score (nSPS) is 14.6. The van der Waals surface area contributed by atoms with E-state index in [1.54, 1.807) is 43.9 Å². The SMILES string of the molecule is COc1cccc(-c2nc(C(=O)Nc3cccc(S(=O)(=O)N4CCCCC4)c3)cs2)c1OC. The Morgan fingerprint density at radius 2 is 1.82 bits per heavy atom. The van der Waals surface area contributed by atoms with Gasteiger partial charge in [0.15, 0.2) is 11.5 Å². The second kappa shape index (κ2) is 9.90. The topological polar surface area (TPSA) is 97.8 Å². The summed E-state index contributed by atoms with van der Waals surface area (Å²) < 4.78 is 38.2. The second-order valence-electron chi connectivity index (χ2n) is 7.53. The number of hydrogen-bond acceptors (Lipinski definition) is 7. The van der Waals surface area contributed by atoms with Crippen LogP contribution in [0.5, 0.6) is 11.5 Å². The van der Waals surface area contributed by atoms with Gasteiger partial charge in [-0.3, -0.25) is 4.79 Å². The zero-order valence-corrected chi connectivity index (χ0v) is 20.0. The number of sulfonamides is 1. The van der Waals surface area contributed by atoms with Crippen LogP contribution in [0.2, 0.25) is 0 Å². The number of carbonyl (C=O) groups is 1. The zero-order valence-electron chi connectivity index (χ0n) is 18.4. The molecule has 2 heterocycles. The van der Waals surface area contributed by atoms with E-state index < -0.39 is 15.9 Å². The van der Waals surface area contributed by atoms with Crippen LogP contribution >= 0.6 is 11.3 Å². The predicted molar refractivity (Wildman–Crippen MR) is 128 cm³/mol. The number of methoxy groups -OCH3 is 2. The molecule has 1 fully saturated rings. The molecule has 0 spiro atoms. The van der Waals surface area contributed by atoms with Crippen molar-refractivity contribution in [2.24, 2.45) is 0 Å². The second-order valence-corrected chi connectivity index (χ2v) is 10.3. The van der Waals surface area contributed by atoms with Crippen molar-refractivity contribution in [2.45, 2.75) is 24.2 Å². The Balaban J connectivity index is 1.54. The molecule has 1 amide bonds. The molecule has 2 aromatic carbocycles. The average Bonchev–Trinajstić information content (AvgIpc) is 3.34. The number of anilines is 1. The largest absolute Gasteiger partial charge is 0.493 e. The molecule has 10 heteroatoms. The van der Waals surface area contributed by atoms with Crippen LogP contribution in [0.15, 0.2) is 52.7 Å². The first-order valence-electron chi connectivity index (χ1n) is 10.5. The fourth-order valence-corrected chi connectivity index (χ4v) is 6.13. The van der Waals surface area contributed by atoms with Gasteiger partial charge >= 0.3 is 0 Å². The molecule has 1 saturated heterocycles. The van der Waals surface area contributed by atoms with Gasteiger partial charge in [0.2, 0.25) is 10.0 Å². The van der Waals surface area contributed by atoms with Gasteiger partial charge in [0, 0.05) is 24.2 Å². The van der Waals surface area contributed by atoms with Crippen molar-refractivity contribution in [3.8, 4) is 22.1 Å². The minimum Gasteiger partial charge on any atom is -0.493 e. The summed E-state index contributed by atoms with van der Waals surface area (Å²) in [5, 5.41) is 5.02. The molecule has 0 unspecified atom stereocenters. The van der Waals surface area contributed by atoms with E-state index in [1.807, 2.05) is 12.1 Å². The van der Waals surface area contributed by atoms with Crippen LogP contribution in [0, 0.1) is 0 Å². The lowest BCUT2D eigenvalue weighted by Gasteiger charge is -2.26. The Hall–Kier alpha value is -2.95. The van der Waals surface area contributed by atoms with Gasteiger partial charge in [0.25, 0.3) is 5.91 Å². The lowest BCUT2D eigenvalue weighted by molar-refractivity contribution is 0.102. The Morgan fingerprint density at radius 3 is 2.55 bits per heavy atom. The smallest absolute Gasteiger partial charge is 0.275 e. The number of rotatable bonds is 7. The molecular weight excluding hydrogens is 462 g/mol. The van der Waals surface area contributed by atoms with Crippen molar-refractivity contribution in [2.75, 3.05) is 32.6 Å². The maximum absolute atomic E-state index is 12.9. The lowest BCUT2D eigenvalue weighted by Crippen LogP contribution is -2.35. The molecule has 4 rings (SSSR count). The molecule has 1 N–H and O–H groups in total. The number of benzene rings is 2. The number of para-hydroxylation sites is 1. The molecule has 0 saturated carbocycles. The molecule has 0 atom stereocenters. The van der Waals surface area contributed by atoms with Crippen molar-refractivity contribution in [3.05, 3.63) is 53.5 Å². The number of carbonyl (C=O) groups excluding carboxylic acids is 1. The van der Waals surface area contributed by atoms with Gasteiger partial charge in [-0.1, -0.05) is 18.6 Å². The standard InChI is InChI=1S/C23H25N3O5S2/c1-30-20-11-7-10-18(21(20)31-2)23-25-19(15-32-23)22(27)24-16-8-6-9-17(14-16)33(28,29)26-12-4-3-5-13-26/h6-11,14-15H,3-5,12-13H2,1-2H3,(H,24,27). The van der Waals surface area contributed by atoms with E-state index >= 15 is 0 Å². The van der Waals surface area contributed by atoms with E-state index in [4.69, 9.17) is 9.47 Å². The number of nitrogens with one attached hydrogen (secondary N) is 1. The van der Waals surface area contributed by atoms with Gasteiger partial charge in [-0.2, -0.15) is 4.31 Å². The van der Waals surface area contributed by atoms with Gasteiger partial charge in [0.05, 0.1) is 24.7 Å². The third-order valence-corrected chi connectivity index (χ3v) is 8.19. The highest BCUT2D eigenvalue weighted by atomic mass is 32.2. The number of aromatic nitrogens is 1. The van der Waals surface area contributed by atoms with Crippen molar-refractivity contribution in [1.82, 2.24) is 9.29 Å². The van der Waals surface area contributed by atoms with Gasteiger partial charge in [-0.05, 0) is 43.2 Å². The van der Waals surface area contributed by atoms with Crippen LogP contribution in [-0.4, -0.2) is 50.9 Å². The molecule has 1 aliphatic rings. The summed E-state index contributed by atoms with van der Waals surface area (Å²) >= 11 is 1.31. The minimum absolute atomic E-state index is 0.169. The number of ether oxygens (including phenoxy) is 2. The molecule has 174 valence electrons. The summed E-state index contributed by atoms with van der Waals surface area (Å²) in [4.78, 5) is 17.4. The zero-order chi connectivity index (χ0) is 23.4. The van der Waals surface area contributed by atoms with Crippen LogP contribution in [0.3, 0.4) is 0 Å². The molecule has 0 aliphatic carbocycles. The van der Waals surface area contributed by atoms with Crippen molar-refractivity contribution < 1.29 is 22.7 Å². The summed E-state index contributed by atoms with van der Waals surface area (Å²) in [5.74, 6) is 0.687. The Labute approximate surface area is 197 Å². The maximum Gasteiger partial charge on any atom is 0.275 e. The summed E-state index contributed by atoms with van der Waals surface area (Å²) in [6.45, 7) is 1.04. The minimum atomic E-state index is -3.59. The van der Waals surface area contributed by atoms with E-state index in [9.17, 15) is 13.2 Å². The first-order valence-corrected chi connectivity index (χ1v) is 12.8. The van der Waals surface area contributed by atoms with Gasteiger partial charge in [0.1, 0.15) is 10.7 Å². The monoisotopic (exact) mass is 487 g/mol. The Kier molecular flexibility index (Phi) is 6.96.